The van der Waals surface area contributed by atoms with Crippen LogP contribution in [0.2, 0.25) is 0 Å². The zero-order valence-corrected chi connectivity index (χ0v) is 12.3. The third kappa shape index (κ3) is 3.33. The summed E-state index contributed by atoms with van der Waals surface area (Å²) in [6.45, 7) is 0.476. The van der Waals surface area contributed by atoms with Gasteiger partial charge in [-0.05, 0) is 18.2 Å². The fourth-order valence-corrected chi connectivity index (χ4v) is 4.48. The summed E-state index contributed by atoms with van der Waals surface area (Å²) >= 11 is 1.68. The molecule has 1 saturated heterocycles. The van der Waals surface area contributed by atoms with Crippen molar-refractivity contribution in [2.24, 2.45) is 0 Å². The minimum atomic E-state index is -3.78. The van der Waals surface area contributed by atoms with E-state index in [4.69, 9.17) is 5.11 Å². The van der Waals surface area contributed by atoms with Crippen LogP contribution in [0.4, 0.5) is 4.39 Å². The maximum Gasteiger partial charge on any atom is 0.246 e. The molecule has 0 bridgehead atoms. The minimum Gasteiger partial charge on any atom is -0.384 e. The van der Waals surface area contributed by atoms with Crippen LogP contribution in [0, 0.1) is 17.7 Å². The molecule has 0 aliphatic carbocycles. The summed E-state index contributed by atoms with van der Waals surface area (Å²) in [7, 11) is -3.78. The molecule has 1 aromatic carbocycles. The van der Waals surface area contributed by atoms with E-state index in [-0.39, 0.29) is 11.5 Å². The molecule has 2 rings (SSSR count). The van der Waals surface area contributed by atoms with Gasteiger partial charge in [-0.1, -0.05) is 11.8 Å². The lowest BCUT2D eigenvalue weighted by molar-refractivity contribution is 0.350. The van der Waals surface area contributed by atoms with Gasteiger partial charge in [0.05, 0.1) is 0 Å². The van der Waals surface area contributed by atoms with E-state index in [0.29, 0.717) is 18.7 Å². The van der Waals surface area contributed by atoms with E-state index in [0.717, 1.165) is 17.6 Å². The topological polar surface area (TPSA) is 57.6 Å². The second-order valence-corrected chi connectivity index (χ2v) is 7.25. The molecule has 4 nitrogen and oxygen atoms in total. The fraction of sp³-hybridized carbons (Fsp3) is 0.385. The van der Waals surface area contributed by atoms with Gasteiger partial charge in [0, 0.05) is 30.2 Å². The van der Waals surface area contributed by atoms with Crippen molar-refractivity contribution in [3.8, 4) is 11.8 Å². The first kappa shape index (κ1) is 15.3. The van der Waals surface area contributed by atoms with Crippen molar-refractivity contribution in [2.45, 2.75) is 4.90 Å². The van der Waals surface area contributed by atoms with Gasteiger partial charge in [0.15, 0.2) is 0 Å². The number of rotatable bonds is 2. The number of benzene rings is 1. The fourth-order valence-electron chi connectivity index (χ4n) is 1.86. The Balaban J connectivity index is 2.32. The highest BCUT2D eigenvalue weighted by atomic mass is 32.2. The third-order valence-electron chi connectivity index (χ3n) is 2.83. The highest BCUT2D eigenvalue weighted by molar-refractivity contribution is 7.99. The number of aliphatic hydroxyl groups excluding tert-OH is 1. The van der Waals surface area contributed by atoms with E-state index < -0.39 is 15.8 Å². The van der Waals surface area contributed by atoms with Crippen molar-refractivity contribution in [3.05, 3.63) is 29.6 Å². The average Bonchev–Trinajstić information content (AvgIpc) is 2.46. The Kier molecular flexibility index (Phi) is 5.05. The second-order valence-electron chi connectivity index (χ2n) is 4.12. The molecule has 0 aromatic heterocycles. The standard InChI is InChI=1S/C13H14FNO3S2/c14-12-10-11(2-1-7-16)3-4-13(12)20(17,18)15-5-8-19-9-6-15/h3-4,10,16H,5-9H2. The SMILES string of the molecule is O=S(=O)(c1ccc(C#CCO)cc1F)N1CCSCC1. The number of halogens is 1. The number of hydrogen-bond donors (Lipinski definition) is 1. The van der Waals surface area contributed by atoms with E-state index in [2.05, 4.69) is 11.8 Å². The first-order valence-corrected chi connectivity index (χ1v) is 8.62. The van der Waals surface area contributed by atoms with Crippen LogP contribution in [0.5, 0.6) is 0 Å². The summed E-state index contributed by atoms with van der Waals surface area (Å²) in [5.41, 5.74) is 0.338. The Morgan fingerprint density at radius 2 is 2.05 bits per heavy atom. The Bertz CT molecular complexity index is 643. The highest BCUT2D eigenvalue weighted by Gasteiger charge is 2.28. The van der Waals surface area contributed by atoms with Gasteiger partial charge in [0.25, 0.3) is 0 Å². The van der Waals surface area contributed by atoms with E-state index in [1.165, 1.54) is 16.4 Å². The van der Waals surface area contributed by atoms with Crippen molar-refractivity contribution in [1.29, 1.82) is 0 Å². The molecule has 1 N–H and O–H groups in total. The Morgan fingerprint density at radius 1 is 1.35 bits per heavy atom. The van der Waals surface area contributed by atoms with Crippen LogP contribution in [0.25, 0.3) is 0 Å². The average molecular weight is 315 g/mol. The Morgan fingerprint density at radius 3 is 2.65 bits per heavy atom. The molecule has 0 spiro atoms. The lowest BCUT2D eigenvalue weighted by Gasteiger charge is -2.25. The number of nitrogens with zero attached hydrogens (tertiary/aromatic N) is 1. The van der Waals surface area contributed by atoms with Crippen LogP contribution in [0.1, 0.15) is 5.56 Å². The van der Waals surface area contributed by atoms with Crippen LogP contribution in [0.15, 0.2) is 23.1 Å². The van der Waals surface area contributed by atoms with E-state index in [1.807, 2.05) is 0 Å². The summed E-state index contributed by atoms with van der Waals surface area (Å²) in [5.74, 6) is 5.57. The van der Waals surface area contributed by atoms with E-state index >= 15 is 0 Å². The largest absolute Gasteiger partial charge is 0.384 e. The van der Waals surface area contributed by atoms with Crippen molar-refractivity contribution in [2.75, 3.05) is 31.2 Å². The van der Waals surface area contributed by atoms with Crippen LogP contribution >= 0.6 is 11.8 Å². The molecule has 0 atom stereocenters. The second kappa shape index (κ2) is 6.59. The third-order valence-corrected chi connectivity index (χ3v) is 5.71. The predicted molar refractivity (Wildman–Crippen MR) is 76.4 cm³/mol. The molecule has 0 unspecified atom stereocenters. The van der Waals surface area contributed by atoms with E-state index in [1.54, 1.807) is 11.8 Å². The molecular weight excluding hydrogens is 301 g/mol. The maximum atomic E-state index is 14.0. The Labute approximate surface area is 122 Å². The van der Waals surface area contributed by atoms with Gasteiger partial charge in [0.1, 0.15) is 17.3 Å². The predicted octanol–water partition coefficient (Wildman–Crippen LogP) is 0.907. The first-order valence-electron chi connectivity index (χ1n) is 6.03. The van der Waals surface area contributed by atoms with E-state index in [9.17, 15) is 12.8 Å². The monoisotopic (exact) mass is 315 g/mol. The number of aliphatic hydroxyl groups is 1. The normalized spacial score (nSPS) is 16.5. The molecule has 0 saturated carbocycles. The summed E-state index contributed by atoms with van der Waals surface area (Å²) < 4.78 is 40.0. The van der Waals surface area contributed by atoms with Crippen molar-refractivity contribution >= 4 is 21.8 Å². The van der Waals surface area contributed by atoms with Gasteiger partial charge in [-0.25, -0.2) is 12.8 Å². The van der Waals surface area contributed by atoms with Crippen LogP contribution in [0.3, 0.4) is 0 Å². The van der Waals surface area contributed by atoms with Gasteiger partial charge < -0.3 is 5.11 Å². The summed E-state index contributed by atoms with van der Waals surface area (Å²) in [6, 6.07) is 3.75. The maximum absolute atomic E-state index is 14.0. The Hall–Kier alpha value is -1.07. The minimum absolute atomic E-state index is 0.320. The molecule has 1 aromatic rings. The quantitative estimate of drug-likeness (QED) is 0.824. The highest BCUT2D eigenvalue weighted by Crippen LogP contribution is 2.23. The van der Waals surface area contributed by atoms with Gasteiger partial charge in [-0.3, -0.25) is 0 Å². The zero-order valence-electron chi connectivity index (χ0n) is 10.7. The molecule has 108 valence electrons. The molecule has 20 heavy (non-hydrogen) atoms. The molecular formula is C13H14FNO3S2. The smallest absolute Gasteiger partial charge is 0.246 e. The van der Waals surface area contributed by atoms with Crippen molar-refractivity contribution < 1.29 is 17.9 Å². The van der Waals surface area contributed by atoms with Gasteiger partial charge in [-0.2, -0.15) is 16.1 Å². The van der Waals surface area contributed by atoms with Crippen LogP contribution in [-0.4, -0.2) is 49.0 Å². The van der Waals surface area contributed by atoms with Crippen LogP contribution in [-0.2, 0) is 10.0 Å². The molecule has 1 aliphatic rings. The molecule has 0 amide bonds. The van der Waals surface area contributed by atoms with Gasteiger partial charge in [0.2, 0.25) is 10.0 Å². The lowest BCUT2D eigenvalue weighted by Crippen LogP contribution is -2.38. The molecule has 7 heteroatoms. The van der Waals surface area contributed by atoms with Crippen LogP contribution < -0.4 is 0 Å². The lowest BCUT2D eigenvalue weighted by atomic mass is 10.2. The number of thioether (sulfide) groups is 1. The first-order chi connectivity index (χ1) is 9.55. The summed E-state index contributed by atoms with van der Waals surface area (Å²) in [4.78, 5) is -0.320. The molecule has 1 fully saturated rings. The van der Waals surface area contributed by atoms with Crippen molar-refractivity contribution in [3.63, 3.8) is 0 Å². The molecule has 1 heterocycles. The number of hydrogen-bond acceptors (Lipinski definition) is 4. The van der Waals surface area contributed by atoms with Gasteiger partial charge >= 0.3 is 0 Å². The van der Waals surface area contributed by atoms with Crippen molar-refractivity contribution in [1.82, 2.24) is 4.31 Å². The number of sulfonamides is 1. The van der Waals surface area contributed by atoms with Gasteiger partial charge in [-0.15, -0.1) is 0 Å². The molecule has 1 aliphatic heterocycles. The summed E-state index contributed by atoms with van der Waals surface area (Å²) in [5, 5.41) is 8.58. The zero-order chi connectivity index (χ0) is 14.6. The summed E-state index contributed by atoms with van der Waals surface area (Å²) in [6.07, 6.45) is 0. The molecule has 0 radical (unpaired) electrons.